The largest absolute Gasteiger partial charge is 0.481 e. The Bertz CT molecular complexity index is 1020. The summed E-state index contributed by atoms with van der Waals surface area (Å²) in [6, 6.07) is -7.72. The lowest BCUT2D eigenvalue weighted by Gasteiger charge is -2.27. The van der Waals surface area contributed by atoms with Gasteiger partial charge in [0.15, 0.2) is 0 Å². The number of carboxylic acids is 2. The summed E-state index contributed by atoms with van der Waals surface area (Å²) in [5.41, 5.74) is 0. The monoisotopic (exact) mass is 616 g/mol. The van der Waals surface area contributed by atoms with Gasteiger partial charge in [0.05, 0.1) is 18.8 Å². The highest BCUT2D eigenvalue weighted by Gasteiger charge is 2.34. The van der Waals surface area contributed by atoms with Crippen molar-refractivity contribution < 1.29 is 54.0 Å². The van der Waals surface area contributed by atoms with Crippen molar-refractivity contribution in [3.8, 4) is 0 Å². The molecule has 7 atom stereocenters. The Morgan fingerprint density at radius 2 is 1.37 bits per heavy atom. The Kier molecular flexibility index (Phi) is 15.5. The van der Waals surface area contributed by atoms with Crippen LogP contribution in [0.1, 0.15) is 59.8 Å². The second kappa shape index (κ2) is 18.0. The molecule has 0 unspecified atom stereocenters. The minimum atomic E-state index is -1.71. The Hall–Kier alpha value is -3.83. The summed E-state index contributed by atoms with van der Waals surface area (Å²) in [7, 11) is 0. The Labute approximate surface area is 248 Å². The molecule has 43 heavy (non-hydrogen) atoms. The fourth-order valence-electron chi connectivity index (χ4n) is 4.20. The molecule has 1 fully saturated rings. The van der Waals surface area contributed by atoms with Crippen molar-refractivity contribution in [1.82, 2.24) is 31.9 Å². The van der Waals surface area contributed by atoms with Crippen LogP contribution in [0.2, 0.25) is 0 Å². The maximum Gasteiger partial charge on any atom is 0.326 e. The first-order chi connectivity index (χ1) is 20.1. The van der Waals surface area contributed by atoms with E-state index in [1.54, 1.807) is 13.8 Å². The predicted octanol–water partition coefficient (Wildman–Crippen LogP) is -3.45. The number of rotatable bonds is 18. The van der Waals surface area contributed by atoms with Crippen LogP contribution in [0.15, 0.2) is 0 Å². The summed E-state index contributed by atoms with van der Waals surface area (Å²) >= 11 is 0. The van der Waals surface area contributed by atoms with Gasteiger partial charge in [-0.1, -0.05) is 13.8 Å². The predicted molar refractivity (Wildman–Crippen MR) is 149 cm³/mol. The molecule has 0 aromatic carbocycles. The third kappa shape index (κ3) is 12.9. The van der Waals surface area contributed by atoms with Gasteiger partial charge in [-0.25, -0.2) is 4.79 Å². The summed E-state index contributed by atoms with van der Waals surface area (Å²) in [5, 5.41) is 52.7. The standard InChI is InChI=1S/C26H44N6O11/c1-12(2)10-17(26(42)43)30-25(41)20(14(4)34)32-24(40)18(11-33)31-23(39)16(7-8-19(35)36)29-21(37)13(3)28-22(38)15-6-5-9-27-15/h12-18,20,27,33-34H,5-11H2,1-4H3,(H,28,38)(H,29,37)(H,30,41)(H,31,39)(H,32,40)(H,35,36)(H,42,43)/t13-,14+,15-,16-,17-,18-,20-/m0/s1. The third-order valence-corrected chi connectivity index (χ3v) is 6.61. The van der Waals surface area contributed by atoms with Crippen molar-refractivity contribution in [1.29, 1.82) is 0 Å². The van der Waals surface area contributed by atoms with Gasteiger partial charge in [-0.05, 0) is 52.0 Å². The molecule has 0 spiro atoms. The van der Waals surface area contributed by atoms with Crippen molar-refractivity contribution in [3.63, 3.8) is 0 Å². The molecule has 0 bridgehead atoms. The minimum Gasteiger partial charge on any atom is -0.481 e. The Morgan fingerprint density at radius 3 is 1.86 bits per heavy atom. The minimum absolute atomic E-state index is 0.0695. The van der Waals surface area contributed by atoms with E-state index in [1.165, 1.54) is 6.92 Å². The molecule has 0 saturated carbocycles. The van der Waals surface area contributed by atoms with Crippen molar-refractivity contribution >= 4 is 41.5 Å². The van der Waals surface area contributed by atoms with Gasteiger partial charge in [-0.2, -0.15) is 0 Å². The van der Waals surface area contributed by atoms with E-state index < -0.39 is 103 Å². The van der Waals surface area contributed by atoms with Crippen LogP contribution in [0.5, 0.6) is 0 Å². The zero-order chi connectivity index (χ0) is 32.9. The molecule has 0 aromatic heterocycles. The molecular formula is C26H44N6O11. The van der Waals surface area contributed by atoms with E-state index in [4.69, 9.17) is 5.11 Å². The SMILES string of the molecule is CC(C)C[C@H](NC(=O)[C@@H](NC(=O)[C@H](CO)NC(=O)[C@H](CCC(=O)O)NC(=O)[C@H](C)NC(=O)[C@@H]1CCCN1)[C@@H](C)O)C(=O)O. The topological polar surface area (TPSA) is 273 Å². The van der Waals surface area contributed by atoms with Crippen molar-refractivity contribution in [3.05, 3.63) is 0 Å². The molecule has 0 aliphatic carbocycles. The van der Waals surface area contributed by atoms with Crippen LogP contribution in [-0.2, 0) is 33.6 Å². The zero-order valence-corrected chi connectivity index (χ0v) is 24.7. The van der Waals surface area contributed by atoms with Crippen molar-refractivity contribution in [2.24, 2.45) is 5.92 Å². The van der Waals surface area contributed by atoms with Gasteiger partial charge in [0.25, 0.3) is 0 Å². The van der Waals surface area contributed by atoms with E-state index in [1.807, 2.05) is 0 Å². The maximum absolute atomic E-state index is 13.0. The number of hydrogen-bond acceptors (Lipinski definition) is 10. The molecular weight excluding hydrogens is 572 g/mol. The molecule has 0 radical (unpaired) electrons. The van der Waals surface area contributed by atoms with Gasteiger partial charge < -0.3 is 52.3 Å². The molecule has 5 amide bonds. The molecule has 0 aromatic rings. The van der Waals surface area contributed by atoms with Crippen LogP contribution in [0.3, 0.4) is 0 Å². The summed E-state index contributed by atoms with van der Waals surface area (Å²) < 4.78 is 0. The van der Waals surface area contributed by atoms with Gasteiger partial charge >= 0.3 is 11.9 Å². The molecule has 1 saturated heterocycles. The number of hydrogen-bond donors (Lipinski definition) is 10. The third-order valence-electron chi connectivity index (χ3n) is 6.61. The number of carboxylic acid groups (broad SMARTS) is 2. The molecule has 10 N–H and O–H groups in total. The summed E-state index contributed by atoms with van der Waals surface area (Å²) in [5.74, 6) is -7.11. The molecule has 17 heteroatoms. The summed E-state index contributed by atoms with van der Waals surface area (Å²) in [6.45, 7) is 5.67. The molecule has 1 aliphatic rings. The summed E-state index contributed by atoms with van der Waals surface area (Å²) in [6.07, 6.45) is -1.01. The lowest BCUT2D eigenvalue weighted by atomic mass is 10.0. The normalized spacial score (nSPS) is 18.7. The van der Waals surface area contributed by atoms with Crippen molar-refractivity contribution in [2.45, 2.75) is 102 Å². The first-order valence-electron chi connectivity index (χ1n) is 14.1. The lowest BCUT2D eigenvalue weighted by molar-refractivity contribution is -0.143. The smallest absolute Gasteiger partial charge is 0.326 e. The Morgan fingerprint density at radius 1 is 0.791 bits per heavy atom. The number of aliphatic hydroxyl groups excluding tert-OH is 2. The van der Waals surface area contributed by atoms with E-state index in [0.717, 1.165) is 13.3 Å². The Balaban J connectivity index is 2.94. The molecule has 1 heterocycles. The second-order valence-corrected chi connectivity index (χ2v) is 10.9. The number of aliphatic carboxylic acids is 2. The average molecular weight is 617 g/mol. The zero-order valence-electron chi connectivity index (χ0n) is 24.7. The van der Waals surface area contributed by atoms with Gasteiger partial charge in [-0.3, -0.25) is 28.8 Å². The second-order valence-electron chi connectivity index (χ2n) is 10.9. The van der Waals surface area contributed by atoms with Crippen LogP contribution in [-0.4, -0.2) is 117 Å². The van der Waals surface area contributed by atoms with Crippen LogP contribution in [0.4, 0.5) is 0 Å². The number of amides is 5. The highest BCUT2D eigenvalue weighted by atomic mass is 16.4. The highest BCUT2D eigenvalue weighted by Crippen LogP contribution is 2.08. The molecule has 17 nitrogen and oxygen atoms in total. The van der Waals surface area contributed by atoms with Crippen LogP contribution in [0.25, 0.3) is 0 Å². The van der Waals surface area contributed by atoms with Gasteiger partial charge in [0.1, 0.15) is 30.2 Å². The van der Waals surface area contributed by atoms with E-state index in [9.17, 15) is 48.9 Å². The molecule has 1 aliphatic heterocycles. The fraction of sp³-hybridized carbons (Fsp3) is 0.731. The quantitative estimate of drug-likeness (QED) is 0.0720. The number of carbonyl (C=O) groups excluding carboxylic acids is 5. The lowest BCUT2D eigenvalue weighted by Crippen LogP contribution is -2.61. The van der Waals surface area contributed by atoms with Gasteiger partial charge in [0.2, 0.25) is 29.5 Å². The van der Waals surface area contributed by atoms with E-state index in [0.29, 0.717) is 13.0 Å². The van der Waals surface area contributed by atoms with Gasteiger partial charge in [0, 0.05) is 6.42 Å². The van der Waals surface area contributed by atoms with Crippen LogP contribution in [0, 0.1) is 5.92 Å². The van der Waals surface area contributed by atoms with Gasteiger partial charge in [-0.15, -0.1) is 0 Å². The van der Waals surface area contributed by atoms with E-state index in [2.05, 4.69) is 31.9 Å². The number of aliphatic hydroxyl groups is 2. The van der Waals surface area contributed by atoms with Crippen LogP contribution >= 0.6 is 0 Å². The maximum atomic E-state index is 13.0. The van der Waals surface area contributed by atoms with E-state index in [-0.39, 0.29) is 12.3 Å². The first-order valence-corrected chi connectivity index (χ1v) is 14.1. The molecule has 1 rings (SSSR count). The summed E-state index contributed by atoms with van der Waals surface area (Å²) in [4.78, 5) is 86.3. The number of carbonyl (C=O) groups is 7. The highest BCUT2D eigenvalue weighted by molar-refractivity contribution is 5.96. The number of nitrogens with one attached hydrogen (secondary N) is 6. The fourth-order valence-corrected chi connectivity index (χ4v) is 4.20. The van der Waals surface area contributed by atoms with Crippen molar-refractivity contribution in [2.75, 3.05) is 13.2 Å². The van der Waals surface area contributed by atoms with Crippen LogP contribution < -0.4 is 31.9 Å². The average Bonchev–Trinajstić information content (AvgIpc) is 3.46. The first kappa shape index (κ1) is 37.2. The molecule has 244 valence electrons. The van der Waals surface area contributed by atoms with E-state index >= 15 is 0 Å².